The molecule has 3 rings (SSSR count). The van der Waals surface area contributed by atoms with E-state index in [1.54, 1.807) is 19.1 Å². The second-order valence-electron chi connectivity index (χ2n) is 6.40. The molecule has 1 aliphatic rings. The summed E-state index contributed by atoms with van der Waals surface area (Å²) in [7, 11) is -4.02. The van der Waals surface area contributed by atoms with E-state index in [0.29, 0.717) is 17.9 Å². The van der Waals surface area contributed by atoms with Gasteiger partial charge in [0.25, 0.3) is 0 Å². The van der Waals surface area contributed by atoms with E-state index in [0.717, 1.165) is 17.7 Å². The van der Waals surface area contributed by atoms with Gasteiger partial charge in [-0.05, 0) is 61.6 Å². The largest absolute Gasteiger partial charge is 0.462 e. The summed E-state index contributed by atoms with van der Waals surface area (Å²) >= 11 is 5.87. The molecule has 0 aliphatic heterocycles. The lowest BCUT2D eigenvalue weighted by molar-refractivity contribution is 0.0525. The first kappa shape index (κ1) is 19.8. The summed E-state index contributed by atoms with van der Waals surface area (Å²) in [6.07, 6.45) is 1.26. The Morgan fingerprint density at radius 2 is 1.89 bits per heavy atom. The number of halogens is 2. The molecule has 0 amide bonds. The standard InChI is InChI=1S/C19H19ClFNO4S/c1-2-26-19(23)13-5-8-18(17(21)11-13)27(24,25)22-16-9-14(10-16)12-3-6-15(20)7-4-12/h3-8,11,14,16,22H,2,9-10H2,1H3. The number of esters is 1. The SMILES string of the molecule is CCOC(=O)c1ccc(S(=O)(=O)NC2CC(c3ccc(Cl)cc3)C2)c(F)c1. The third-order valence-electron chi connectivity index (χ3n) is 4.53. The molecule has 0 atom stereocenters. The van der Waals surface area contributed by atoms with E-state index in [2.05, 4.69) is 4.72 Å². The molecule has 144 valence electrons. The van der Waals surface area contributed by atoms with Gasteiger partial charge in [-0.1, -0.05) is 23.7 Å². The van der Waals surface area contributed by atoms with Gasteiger partial charge in [-0.15, -0.1) is 0 Å². The summed E-state index contributed by atoms with van der Waals surface area (Å²) < 4.78 is 46.5. The van der Waals surface area contributed by atoms with Gasteiger partial charge in [-0.2, -0.15) is 0 Å². The van der Waals surface area contributed by atoms with E-state index in [1.165, 1.54) is 6.07 Å². The lowest BCUT2D eigenvalue weighted by atomic mass is 9.76. The molecule has 0 heterocycles. The molecule has 5 nitrogen and oxygen atoms in total. The third kappa shape index (κ3) is 4.48. The highest BCUT2D eigenvalue weighted by atomic mass is 35.5. The highest BCUT2D eigenvalue weighted by molar-refractivity contribution is 7.89. The number of rotatable bonds is 6. The van der Waals surface area contributed by atoms with E-state index >= 15 is 0 Å². The fourth-order valence-electron chi connectivity index (χ4n) is 3.06. The summed E-state index contributed by atoms with van der Waals surface area (Å²) in [5.41, 5.74) is 1.07. The van der Waals surface area contributed by atoms with Crippen molar-refractivity contribution in [3.8, 4) is 0 Å². The quantitative estimate of drug-likeness (QED) is 0.732. The minimum absolute atomic E-state index is 0.0280. The maximum absolute atomic E-state index is 14.3. The van der Waals surface area contributed by atoms with Crippen LogP contribution in [0.1, 0.15) is 41.6 Å². The Bertz CT molecular complexity index is 941. The summed E-state index contributed by atoms with van der Waals surface area (Å²) in [5.74, 6) is -1.44. The minimum Gasteiger partial charge on any atom is -0.462 e. The topological polar surface area (TPSA) is 72.5 Å². The lowest BCUT2D eigenvalue weighted by Gasteiger charge is -2.36. The van der Waals surface area contributed by atoms with E-state index in [9.17, 15) is 17.6 Å². The summed E-state index contributed by atoms with van der Waals surface area (Å²) in [6, 6.07) is 10.4. The Kier molecular flexibility index (Phi) is 5.83. The van der Waals surface area contributed by atoms with E-state index < -0.39 is 26.7 Å². The normalized spacial score (nSPS) is 19.4. The van der Waals surface area contributed by atoms with Crippen LogP contribution in [0.3, 0.4) is 0 Å². The molecule has 27 heavy (non-hydrogen) atoms. The van der Waals surface area contributed by atoms with Crippen molar-refractivity contribution in [1.29, 1.82) is 0 Å². The van der Waals surface area contributed by atoms with Crippen LogP contribution in [0.15, 0.2) is 47.4 Å². The molecule has 0 saturated heterocycles. The number of benzene rings is 2. The van der Waals surface area contributed by atoms with Crippen molar-refractivity contribution >= 4 is 27.6 Å². The second kappa shape index (κ2) is 7.96. The summed E-state index contributed by atoms with van der Waals surface area (Å²) in [4.78, 5) is 11.1. The van der Waals surface area contributed by atoms with Crippen molar-refractivity contribution in [2.75, 3.05) is 6.61 Å². The molecule has 0 radical (unpaired) electrons. The average Bonchev–Trinajstić information content (AvgIpc) is 2.58. The molecule has 1 fully saturated rings. The first-order chi connectivity index (χ1) is 12.8. The number of carbonyl (C=O) groups is 1. The zero-order valence-corrected chi connectivity index (χ0v) is 16.2. The first-order valence-corrected chi connectivity index (χ1v) is 10.4. The molecule has 1 N–H and O–H groups in total. The predicted molar refractivity (Wildman–Crippen MR) is 99.9 cm³/mol. The van der Waals surface area contributed by atoms with Crippen LogP contribution in [0.2, 0.25) is 5.02 Å². The van der Waals surface area contributed by atoms with Crippen LogP contribution in [0.5, 0.6) is 0 Å². The van der Waals surface area contributed by atoms with Crippen LogP contribution in [-0.4, -0.2) is 27.0 Å². The van der Waals surface area contributed by atoms with Gasteiger partial charge < -0.3 is 4.74 Å². The first-order valence-electron chi connectivity index (χ1n) is 8.54. The zero-order chi connectivity index (χ0) is 19.6. The van der Waals surface area contributed by atoms with Crippen LogP contribution >= 0.6 is 11.6 Å². The number of carbonyl (C=O) groups excluding carboxylic acids is 1. The summed E-state index contributed by atoms with van der Waals surface area (Å²) in [6.45, 7) is 1.78. The zero-order valence-electron chi connectivity index (χ0n) is 14.6. The Morgan fingerprint density at radius 3 is 2.48 bits per heavy atom. The lowest BCUT2D eigenvalue weighted by Crippen LogP contribution is -2.43. The maximum Gasteiger partial charge on any atom is 0.338 e. The van der Waals surface area contributed by atoms with Crippen molar-refractivity contribution < 1.29 is 22.3 Å². The Morgan fingerprint density at radius 1 is 1.22 bits per heavy atom. The van der Waals surface area contributed by atoms with Crippen LogP contribution in [0, 0.1) is 5.82 Å². The number of ether oxygens (including phenoxy) is 1. The molecule has 0 unspecified atom stereocenters. The number of hydrogen-bond donors (Lipinski definition) is 1. The Hall–Kier alpha value is -1.96. The smallest absolute Gasteiger partial charge is 0.338 e. The van der Waals surface area contributed by atoms with Crippen LogP contribution in [-0.2, 0) is 14.8 Å². The highest BCUT2D eigenvalue weighted by Crippen LogP contribution is 2.38. The number of hydrogen-bond acceptors (Lipinski definition) is 4. The molecule has 1 saturated carbocycles. The monoisotopic (exact) mass is 411 g/mol. The van der Waals surface area contributed by atoms with Gasteiger partial charge in [0.1, 0.15) is 10.7 Å². The van der Waals surface area contributed by atoms with Crippen molar-refractivity contribution in [1.82, 2.24) is 4.72 Å². The molecule has 2 aromatic rings. The highest BCUT2D eigenvalue weighted by Gasteiger charge is 2.34. The Labute approximate surface area is 162 Å². The predicted octanol–water partition coefficient (Wildman–Crippen LogP) is 3.88. The fraction of sp³-hybridized carbons (Fsp3) is 0.316. The van der Waals surface area contributed by atoms with Crippen molar-refractivity contribution in [2.24, 2.45) is 0 Å². The minimum atomic E-state index is -4.02. The van der Waals surface area contributed by atoms with Crippen LogP contribution < -0.4 is 4.72 Å². The Balaban J connectivity index is 1.65. The van der Waals surface area contributed by atoms with Crippen LogP contribution in [0.4, 0.5) is 4.39 Å². The van der Waals surface area contributed by atoms with Crippen LogP contribution in [0.25, 0.3) is 0 Å². The van der Waals surface area contributed by atoms with E-state index in [1.807, 2.05) is 12.1 Å². The number of nitrogens with one attached hydrogen (secondary N) is 1. The van der Waals surface area contributed by atoms with Crippen molar-refractivity contribution in [3.63, 3.8) is 0 Å². The molecule has 0 bridgehead atoms. The van der Waals surface area contributed by atoms with Crippen molar-refractivity contribution in [3.05, 3.63) is 64.4 Å². The fourth-order valence-corrected chi connectivity index (χ4v) is 4.51. The van der Waals surface area contributed by atoms with E-state index in [-0.39, 0.29) is 24.1 Å². The van der Waals surface area contributed by atoms with Gasteiger partial charge in [-0.25, -0.2) is 22.3 Å². The van der Waals surface area contributed by atoms with Gasteiger partial charge in [-0.3, -0.25) is 0 Å². The van der Waals surface area contributed by atoms with Gasteiger partial charge in [0.2, 0.25) is 10.0 Å². The molecule has 1 aliphatic carbocycles. The van der Waals surface area contributed by atoms with Crippen molar-refractivity contribution in [2.45, 2.75) is 36.6 Å². The average molecular weight is 412 g/mol. The van der Waals surface area contributed by atoms with Gasteiger partial charge in [0, 0.05) is 11.1 Å². The van der Waals surface area contributed by atoms with Gasteiger partial charge in [0.05, 0.1) is 12.2 Å². The number of sulfonamides is 1. The third-order valence-corrected chi connectivity index (χ3v) is 6.34. The van der Waals surface area contributed by atoms with Gasteiger partial charge >= 0.3 is 5.97 Å². The molecule has 0 aromatic heterocycles. The van der Waals surface area contributed by atoms with Gasteiger partial charge in [0.15, 0.2) is 0 Å². The second-order valence-corrected chi connectivity index (χ2v) is 8.52. The molecule has 8 heteroatoms. The summed E-state index contributed by atoms with van der Waals surface area (Å²) in [5, 5.41) is 0.650. The molecular formula is C19H19ClFNO4S. The maximum atomic E-state index is 14.3. The molecular weight excluding hydrogens is 393 g/mol. The molecule has 2 aromatic carbocycles. The van der Waals surface area contributed by atoms with E-state index in [4.69, 9.17) is 16.3 Å². The molecule has 0 spiro atoms.